The molecule has 0 aliphatic carbocycles. The Hall–Kier alpha value is -1.88. The van der Waals surface area contributed by atoms with Crippen molar-refractivity contribution in [1.29, 1.82) is 0 Å². The van der Waals surface area contributed by atoms with Crippen LogP contribution in [0, 0.1) is 5.92 Å². The molecule has 0 saturated carbocycles. The highest BCUT2D eigenvalue weighted by Crippen LogP contribution is 2.20. The lowest BCUT2D eigenvalue weighted by Gasteiger charge is -2.26. The van der Waals surface area contributed by atoms with Crippen molar-refractivity contribution >= 4 is 11.8 Å². The third kappa shape index (κ3) is 4.57. The number of hydrogen-bond acceptors (Lipinski definition) is 3. The van der Waals surface area contributed by atoms with Crippen LogP contribution < -0.4 is 5.32 Å². The van der Waals surface area contributed by atoms with E-state index in [2.05, 4.69) is 10.2 Å². The number of likely N-dealkylation sites (tertiary alicyclic amines) is 2. The van der Waals surface area contributed by atoms with E-state index in [4.69, 9.17) is 0 Å². The summed E-state index contributed by atoms with van der Waals surface area (Å²) in [4.78, 5) is 28.7. The summed E-state index contributed by atoms with van der Waals surface area (Å²) in [6, 6.07) is 9.94. The molecule has 1 aromatic carbocycles. The fourth-order valence-electron chi connectivity index (χ4n) is 3.57. The van der Waals surface area contributed by atoms with Gasteiger partial charge in [-0.25, -0.2) is 0 Å². The zero-order valence-corrected chi connectivity index (χ0v) is 14.2. The predicted molar refractivity (Wildman–Crippen MR) is 93.3 cm³/mol. The average molecular weight is 329 g/mol. The van der Waals surface area contributed by atoms with Gasteiger partial charge < -0.3 is 15.1 Å². The number of rotatable bonds is 6. The maximum atomic E-state index is 12.3. The maximum Gasteiger partial charge on any atom is 0.225 e. The predicted octanol–water partition coefficient (Wildman–Crippen LogP) is 1.64. The van der Waals surface area contributed by atoms with E-state index in [0.29, 0.717) is 26.1 Å². The summed E-state index contributed by atoms with van der Waals surface area (Å²) < 4.78 is 0. The van der Waals surface area contributed by atoms with Crippen LogP contribution in [0.5, 0.6) is 0 Å². The summed E-state index contributed by atoms with van der Waals surface area (Å²) in [5.41, 5.74) is 1.11. The molecule has 5 heteroatoms. The molecule has 0 bridgehead atoms. The molecule has 1 aromatic rings. The third-order valence-corrected chi connectivity index (χ3v) is 4.98. The van der Waals surface area contributed by atoms with Gasteiger partial charge >= 0.3 is 0 Å². The fraction of sp³-hybridized carbons (Fsp3) is 0.579. The molecule has 2 amide bonds. The van der Waals surface area contributed by atoms with Crippen molar-refractivity contribution in [3.05, 3.63) is 35.9 Å². The van der Waals surface area contributed by atoms with Gasteiger partial charge in [-0.15, -0.1) is 0 Å². The van der Waals surface area contributed by atoms with Crippen LogP contribution in [0.15, 0.2) is 30.3 Å². The van der Waals surface area contributed by atoms with Gasteiger partial charge in [-0.2, -0.15) is 0 Å². The van der Waals surface area contributed by atoms with Crippen LogP contribution >= 0.6 is 0 Å². The van der Waals surface area contributed by atoms with Gasteiger partial charge in [0.15, 0.2) is 0 Å². The summed E-state index contributed by atoms with van der Waals surface area (Å²) >= 11 is 0. The maximum absolute atomic E-state index is 12.3. The Labute approximate surface area is 144 Å². The van der Waals surface area contributed by atoms with E-state index in [1.807, 2.05) is 30.3 Å². The van der Waals surface area contributed by atoms with Gasteiger partial charge in [0.1, 0.15) is 0 Å². The van der Waals surface area contributed by atoms with Crippen LogP contribution in [0.25, 0.3) is 0 Å². The van der Waals surface area contributed by atoms with Crippen LogP contribution in [-0.2, 0) is 16.1 Å². The second-order valence-corrected chi connectivity index (χ2v) is 6.85. The smallest absolute Gasteiger partial charge is 0.225 e. The Morgan fingerprint density at radius 2 is 1.88 bits per heavy atom. The van der Waals surface area contributed by atoms with Gasteiger partial charge in [0.2, 0.25) is 11.8 Å². The minimum absolute atomic E-state index is 0.0240. The van der Waals surface area contributed by atoms with Crippen molar-refractivity contribution in [2.24, 2.45) is 5.92 Å². The first-order valence-corrected chi connectivity index (χ1v) is 9.04. The number of carbonyl (C=O) groups is 2. The Bertz CT molecular complexity index is 555. The highest BCUT2D eigenvalue weighted by Gasteiger charge is 2.34. The third-order valence-electron chi connectivity index (χ3n) is 4.98. The quantitative estimate of drug-likeness (QED) is 0.863. The molecule has 2 aliphatic heterocycles. The summed E-state index contributed by atoms with van der Waals surface area (Å²) in [7, 11) is 0. The van der Waals surface area contributed by atoms with E-state index < -0.39 is 0 Å². The Morgan fingerprint density at radius 3 is 2.62 bits per heavy atom. The first-order valence-electron chi connectivity index (χ1n) is 9.04. The Balaban J connectivity index is 1.42. The van der Waals surface area contributed by atoms with Crippen molar-refractivity contribution in [3.63, 3.8) is 0 Å². The zero-order chi connectivity index (χ0) is 16.8. The van der Waals surface area contributed by atoms with E-state index >= 15 is 0 Å². The minimum Gasteiger partial charge on any atom is -0.355 e. The molecule has 0 spiro atoms. The van der Waals surface area contributed by atoms with Crippen molar-refractivity contribution in [2.45, 2.75) is 32.2 Å². The molecule has 0 radical (unpaired) electrons. The van der Waals surface area contributed by atoms with Crippen LogP contribution in [-0.4, -0.2) is 54.3 Å². The van der Waals surface area contributed by atoms with E-state index in [1.165, 1.54) is 19.3 Å². The van der Waals surface area contributed by atoms with E-state index in [-0.39, 0.29) is 17.7 Å². The zero-order valence-electron chi connectivity index (χ0n) is 14.2. The highest BCUT2D eigenvalue weighted by atomic mass is 16.2. The number of nitrogens with one attached hydrogen (secondary N) is 1. The van der Waals surface area contributed by atoms with Crippen LogP contribution in [0.1, 0.15) is 31.2 Å². The largest absolute Gasteiger partial charge is 0.355 e. The molecule has 2 saturated heterocycles. The topological polar surface area (TPSA) is 52.7 Å². The normalized spacial score (nSPS) is 21.9. The number of carbonyl (C=O) groups excluding carboxylic acids is 2. The molecule has 0 unspecified atom stereocenters. The number of piperidine rings is 1. The standard InChI is InChI=1S/C19H27N3O2/c23-18-13-17(15-22(18)14-16-7-3-1-4-8-16)19(24)20-9-12-21-10-5-2-6-11-21/h1,3-4,7-8,17H,2,5-6,9-15H2,(H,20,24)/t17-/m1/s1. The Morgan fingerprint density at radius 1 is 1.12 bits per heavy atom. The van der Waals surface area contributed by atoms with Crippen LogP contribution in [0.2, 0.25) is 0 Å². The first-order chi connectivity index (χ1) is 11.7. The molecule has 1 N–H and O–H groups in total. The van der Waals surface area contributed by atoms with Crippen molar-refractivity contribution < 1.29 is 9.59 Å². The molecular formula is C19H27N3O2. The molecule has 2 heterocycles. The number of benzene rings is 1. The summed E-state index contributed by atoms with van der Waals surface area (Å²) in [6.45, 7) is 5.01. The molecule has 2 aliphatic rings. The van der Waals surface area contributed by atoms with Gasteiger partial charge in [-0.3, -0.25) is 9.59 Å². The molecule has 0 aromatic heterocycles. The monoisotopic (exact) mass is 329 g/mol. The van der Waals surface area contributed by atoms with Crippen molar-refractivity contribution in [1.82, 2.24) is 15.1 Å². The van der Waals surface area contributed by atoms with Gasteiger partial charge in [0.25, 0.3) is 0 Å². The van der Waals surface area contributed by atoms with E-state index in [9.17, 15) is 9.59 Å². The van der Waals surface area contributed by atoms with Crippen LogP contribution in [0.4, 0.5) is 0 Å². The summed E-state index contributed by atoms with van der Waals surface area (Å²) in [6.07, 6.45) is 4.19. The number of nitrogens with zero attached hydrogens (tertiary/aromatic N) is 2. The molecule has 5 nitrogen and oxygen atoms in total. The number of amides is 2. The van der Waals surface area contributed by atoms with Crippen molar-refractivity contribution in [2.75, 3.05) is 32.7 Å². The van der Waals surface area contributed by atoms with E-state index in [1.54, 1.807) is 4.90 Å². The highest BCUT2D eigenvalue weighted by molar-refractivity contribution is 5.89. The lowest BCUT2D eigenvalue weighted by molar-refractivity contribution is -0.129. The van der Waals surface area contributed by atoms with Gasteiger partial charge in [-0.05, 0) is 31.5 Å². The summed E-state index contributed by atoms with van der Waals surface area (Å²) in [5.74, 6) is -0.103. The minimum atomic E-state index is -0.206. The van der Waals surface area contributed by atoms with Gasteiger partial charge in [0.05, 0.1) is 5.92 Å². The molecule has 24 heavy (non-hydrogen) atoms. The summed E-state index contributed by atoms with van der Waals surface area (Å²) in [5, 5.41) is 3.02. The van der Waals surface area contributed by atoms with Crippen LogP contribution in [0.3, 0.4) is 0 Å². The lowest BCUT2D eigenvalue weighted by atomic mass is 10.1. The molecule has 3 rings (SSSR count). The molecule has 130 valence electrons. The first kappa shape index (κ1) is 17.0. The van der Waals surface area contributed by atoms with E-state index in [0.717, 1.165) is 25.2 Å². The average Bonchev–Trinajstić information content (AvgIpc) is 2.97. The molecular weight excluding hydrogens is 302 g/mol. The fourth-order valence-corrected chi connectivity index (χ4v) is 3.57. The lowest BCUT2D eigenvalue weighted by Crippen LogP contribution is -2.40. The van der Waals surface area contributed by atoms with Gasteiger partial charge in [0, 0.05) is 32.6 Å². The van der Waals surface area contributed by atoms with Crippen molar-refractivity contribution in [3.8, 4) is 0 Å². The van der Waals surface area contributed by atoms with Gasteiger partial charge in [-0.1, -0.05) is 36.8 Å². The Kier molecular flexibility index (Phi) is 5.86. The molecule has 2 fully saturated rings. The number of hydrogen-bond donors (Lipinski definition) is 1. The second-order valence-electron chi connectivity index (χ2n) is 6.85. The second kappa shape index (κ2) is 8.29. The molecule has 1 atom stereocenters. The SMILES string of the molecule is O=C(NCCN1CCCCC1)[C@@H]1CC(=O)N(Cc2ccccc2)C1.